The number of carbonyl (C=O) groups excluding carboxylic acids is 1. The van der Waals surface area contributed by atoms with Crippen molar-refractivity contribution in [3.05, 3.63) is 28.2 Å². The lowest BCUT2D eigenvalue weighted by Gasteiger charge is -2.22. The van der Waals surface area contributed by atoms with Gasteiger partial charge in [0.2, 0.25) is 0 Å². The molecular formula is C13H15BrN2O2S. The SMILES string of the molecule is CC1(C(=O)Nc2ccc(Br)cc2C(N)=S)CCCO1. The Balaban J connectivity index is 2.23. The Morgan fingerprint density at radius 3 is 2.89 bits per heavy atom. The molecule has 1 amide bonds. The number of rotatable bonds is 3. The van der Waals surface area contributed by atoms with Gasteiger partial charge in [0.05, 0.1) is 5.69 Å². The summed E-state index contributed by atoms with van der Waals surface area (Å²) in [6, 6.07) is 5.39. The van der Waals surface area contributed by atoms with Crippen molar-refractivity contribution < 1.29 is 9.53 Å². The highest BCUT2D eigenvalue weighted by molar-refractivity contribution is 9.10. The van der Waals surface area contributed by atoms with Crippen LogP contribution in [0, 0.1) is 0 Å². The third-order valence-electron chi connectivity index (χ3n) is 3.19. The van der Waals surface area contributed by atoms with E-state index in [4.69, 9.17) is 22.7 Å². The second kappa shape index (κ2) is 5.56. The van der Waals surface area contributed by atoms with Crippen LogP contribution in [0.1, 0.15) is 25.3 Å². The molecule has 6 heteroatoms. The molecule has 0 aromatic heterocycles. The van der Waals surface area contributed by atoms with Crippen LogP contribution in [0.25, 0.3) is 0 Å². The van der Waals surface area contributed by atoms with Gasteiger partial charge < -0.3 is 15.8 Å². The topological polar surface area (TPSA) is 64.4 Å². The zero-order valence-corrected chi connectivity index (χ0v) is 12.9. The predicted molar refractivity (Wildman–Crippen MR) is 82.3 cm³/mol. The molecule has 102 valence electrons. The quantitative estimate of drug-likeness (QED) is 0.828. The van der Waals surface area contributed by atoms with Gasteiger partial charge in [-0.3, -0.25) is 4.79 Å². The summed E-state index contributed by atoms with van der Waals surface area (Å²) < 4.78 is 6.37. The number of nitrogens with two attached hydrogens (primary N) is 1. The molecule has 1 heterocycles. The predicted octanol–water partition coefficient (Wildman–Crippen LogP) is 2.59. The van der Waals surface area contributed by atoms with E-state index in [2.05, 4.69) is 21.2 Å². The number of benzene rings is 1. The van der Waals surface area contributed by atoms with Crippen LogP contribution in [-0.2, 0) is 9.53 Å². The molecule has 1 aromatic carbocycles. The van der Waals surface area contributed by atoms with Gasteiger partial charge in [-0.15, -0.1) is 0 Å². The third kappa shape index (κ3) is 3.13. The van der Waals surface area contributed by atoms with Gasteiger partial charge in [-0.05, 0) is 38.0 Å². The Bertz CT molecular complexity index is 527. The molecule has 1 aliphatic heterocycles. The maximum Gasteiger partial charge on any atom is 0.256 e. The van der Waals surface area contributed by atoms with Crippen LogP contribution in [0.4, 0.5) is 5.69 Å². The molecule has 1 aliphatic rings. The molecule has 19 heavy (non-hydrogen) atoms. The number of hydrogen-bond acceptors (Lipinski definition) is 3. The summed E-state index contributed by atoms with van der Waals surface area (Å²) in [5.74, 6) is -0.162. The number of ether oxygens (including phenoxy) is 1. The minimum absolute atomic E-state index is 0.162. The van der Waals surface area contributed by atoms with Gasteiger partial charge in [-0.1, -0.05) is 28.1 Å². The van der Waals surface area contributed by atoms with Gasteiger partial charge in [0.1, 0.15) is 10.6 Å². The minimum Gasteiger partial charge on any atom is -0.389 e. The first kappa shape index (κ1) is 14.4. The minimum atomic E-state index is -0.763. The van der Waals surface area contributed by atoms with E-state index in [-0.39, 0.29) is 10.9 Å². The number of halogens is 1. The molecule has 1 saturated heterocycles. The molecule has 1 atom stereocenters. The molecule has 1 aromatic rings. The average molecular weight is 343 g/mol. The van der Waals surface area contributed by atoms with E-state index in [1.807, 2.05) is 6.07 Å². The summed E-state index contributed by atoms with van der Waals surface area (Å²) in [6.07, 6.45) is 1.62. The largest absolute Gasteiger partial charge is 0.389 e. The van der Waals surface area contributed by atoms with E-state index >= 15 is 0 Å². The number of nitrogens with one attached hydrogen (secondary N) is 1. The third-order valence-corrected chi connectivity index (χ3v) is 3.91. The van der Waals surface area contributed by atoms with E-state index in [0.29, 0.717) is 17.9 Å². The smallest absolute Gasteiger partial charge is 0.256 e. The van der Waals surface area contributed by atoms with Crippen molar-refractivity contribution in [2.24, 2.45) is 5.73 Å². The van der Waals surface area contributed by atoms with Crippen LogP contribution in [0.3, 0.4) is 0 Å². The van der Waals surface area contributed by atoms with E-state index < -0.39 is 5.60 Å². The molecule has 3 N–H and O–H groups in total. The number of thiocarbonyl (C=S) groups is 1. The highest BCUT2D eigenvalue weighted by Gasteiger charge is 2.37. The number of carbonyl (C=O) groups is 1. The Kier molecular flexibility index (Phi) is 4.23. The zero-order chi connectivity index (χ0) is 14.0. The summed E-state index contributed by atoms with van der Waals surface area (Å²) in [6.45, 7) is 2.42. The van der Waals surface area contributed by atoms with Crippen molar-refractivity contribution in [3.8, 4) is 0 Å². The normalized spacial score (nSPS) is 22.2. The van der Waals surface area contributed by atoms with E-state index in [1.165, 1.54) is 0 Å². The van der Waals surface area contributed by atoms with Crippen molar-refractivity contribution in [1.29, 1.82) is 0 Å². The molecule has 0 spiro atoms. The fraction of sp³-hybridized carbons (Fsp3) is 0.385. The van der Waals surface area contributed by atoms with Crippen LogP contribution >= 0.6 is 28.1 Å². The monoisotopic (exact) mass is 342 g/mol. The summed E-state index contributed by atoms with van der Waals surface area (Å²) in [4.78, 5) is 12.5. The number of hydrogen-bond donors (Lipinski definition) is 2. The van der Waals surface area contributed by atoms with Crippen LogP contribution in [-0.4, -0.2) is 23.1 Å². The maximum absolute atomic E-state index is 12.3. The van der Waals surface area contributed by atoms with Crippen LogP contribution in [0.5, 0.6) is 0 Å². The molecule has 0 saturated carbocycles. The van der Waals surface area contributed by atoms with Crippen molar-refractivity contribution in [3.63, 3.8) is 0 Å². The number of amides is 1. The Morgan fingerprint density at radius 2 is 2.32 bits per heavy atom. The maximum atomic E-state index is 12.3. The first-order valence-corrected chi connectivity index (χ1v) is 7.17. The van der Waals surface area contributed by atoms with Crippen LogP contribution in [0.2, 0.25) is 0 Å². The second-order valence-electron chi connectivity index (χ2n) is 4.69. The lowest BCUT2D eigenvalue weighted by Crippen LogP contribution is -2.39. The Hall–Kier alpha value is -0.980. The lowest BCUT2D eigenvalue weighted by atomic mass is 10.0. The van der Waals surface area contributed by atoms with Crippen molar-refractivity contribution >= 4 is 44.7 Å². The number of anilines is 1. The Morgan fingerprint density at radius 1 is 1.58 bits per heavy atom. The van der Waals surface area contributed by atoms with Crippen molar-refractivity contribution in [2.75, 3.05) is 11.9 Å². The highest BCUT2D eigenvalue weighted by Crippen LogP contribution is 2.28. The van der Waals surface area contributed by atoms with E-state index in [9.17, 15) is 4.79 Å². The van der Waals surface area contributed by atoms with Crippen molar-refractivity contribution in [2.45, 2.75) is 25.4 Å². The zero-order valence-electron chi connectivity index (χ0n) is 10.5. The fourth-order valence-corrected chi connectivity index (χ4v) is 2.57. The average Bonchev–Trinajstić information content (AvgIpc) is 2.79. The molecule has 0 aliphatic carbocycles. The molecule has 0 bridgehead atoms. The summed E-state index contributed by atoms with van der Waals surface area (Å²) >= 11 is 8.35. The van der Waals surface area contributed by atoms with E-state index in [0.717, 1.165) is 17.3 Å². The Labute approximate surface area is 125 Å². The van der Waals surface area contributed by atoms with Gasteiger partial charge in [-0.25, -0.2) is 0 Å². The first-order valence-electron chi connectivity index (χ1n) is 5.97. The summed E-state index contributed by atoms with van der Waals surface area (Å²) in [5.41, 5.74) is 6.16. The van der Waals surface area contributed by atoms with Gasteiger partial charge in [0, 0.05) is 16.6 Å². The second-order valence-corrected chi connectivity index (χ2v) is 6.05. The van der Waals surface area contributed by atoms with E-state index in [1.54, 1.807) is 19.1 Å². The lowest BCUT2D eigenvalue weighted by molar-refractivity contribution is -0.133. The van der Waals surface area contributed by atoms with Gasteiger partial charge >= 0.3 is 0 Å². The molecule has 4 nitrogen and oxygen atoms in total. The summed E-state index contributed by atoms with van der Waals surface area (Å²) in [7, 11) is 0. The summed E-state index contributed by atoms with van der Waals surface area (Å²) in [5, 5.41) is 2.85. The van der Waals surface area contributed by atoms with Crippen molar-refractivity contribution in [1.82, 2.24) is 0 Å². The molecule has 0 radical (unpaired) electrons. The molecule has 2 rings (SSSR count). The van der Waals surface area contributed by atoms with Crippen LogP contribution < -0.4 is 11.1 Å². The first-order chi connectivity index (χ1) is 8.92. The fourth-order valence-electron chi connectivity index (χ4n) is 2.04. The van der Waals surface area contributed by atoms with Crippen LogP contribution in [0.15, 0.2) is 22.7 Å². The van der Waals surface area contributed by atoms with Gasteiger partial charge in [0.25, 0.3) is 5.91 Å². The molecule has 1 fully saturated rings. The molecule has 1 unspecified atom stereocenters. The standard InChI is InChI=1S/C13H15BrN2O2S/c1-13(5-2-6-18-13)12(17)16-10-4-3-8(14)7-9(10)11(15)19/h3-4,7H,2,5-6H2,1H3,(H2,15,19)(H,16,17). The van der Waals surface area contributed by atoms with Gasteiger partial charge in [0.15, 0.2) is 0 Å². The van der Waals surface area contributed by atoms with Gasteiger partial charge in [-0.2, -0.15) is 0 Å². The highest BCUT2D eigenvalue weighted by atomic mass is 79.9. The molecular weight excluding hydrogens is 328 g/mol.